The van der Waals surface area contributed by atoms with Gasteiger partial charge in [-0.2, -0.15) is 0 Å². The molecule has 0 aromatic rings. The van der Waals surface area contributed by atoms with E-state index in [0.29, 0.717) is 13.2 Å². The third-order valence-electron chi connectivity index (χ3n) is 8.97. The molecule has 1 saturated heterocycles. The summed E-state index contributed by atoms with van der Waals surface area (Å²) in [4.78, 5) is 9.93. The lowest BCUT2D eigenvalue weighted by molar-refractivity contribution is -0.916. The van der Waals surface area contributed by atoms with E-state index in [1.807, 2.05) is 0 Å². The van der Waals surface area contributed by atoms with Crippen molar-refractivity contribution in [2.75, 3.05) is 53.1 Å². The minimum Gasteiger partial charge on any atom is -0.370 e. The van der Waals surface area contributed by atoms with Gasteiger partial charge in [-0.25, -0.2) is 4.57 Å². The number of likely N-dealkylation sites (N-methyl/N-ethyl adjacent to an activating group) is 1. The first-order valence-corrected chi connectivity index (χ1v) is 18.7. The highest BCUT2D eigenvalue weighted by Gasteiger charge is 2.27. The molecule has 6 nitrogen and oxygen atoms in total. The second-order valence-electron chi connectivity index (χ2n) is 12.8. The minimum atomic E-state index is -3.94. The molecular weight excluding hydrogens is 521 g/mol. The van der Waals surface area contributed by atoms with Gasteiger partial charge < -0.3 is 14.1 Å². The van der Waals surface area contributed by atoms with Crippen molar-refractivity contribution in [2.45, 2.75) is 148 Å². The van der Waals surface area contributed by atoms with Gasteiger partial charge in [0, 0.05) is 0 Å². The van der Waals surface area contributed by atoms with Gasteiger partial charge in [-0.05, 0) is 44.9 Å². The molecule has 0 bridgehead atoms. The standard InChI is InChI=1S/C33H64NO5P/c1-34(26-30-37-31-27-34)28-32-39-40(35,36)38-29-22-18-14-10-6-9-13-17-21-25-33-23-19-15-11-7-4-2-3-5-8-12-16-20-24-33/h25H,2-24,26-32H2,1H3/p+1. The molecule has 0 spiro atoms. The number of quaternary nitrogens is 1. The third-order valence-corrected chi connectivity index (χ3v) is 9.99. The van der Waals surface area contributed by atoms with E-state index in [9.17, 15) is 9.46 Å². The van der Waals surface area contributed by atoms with Crippen molar-refractivity contribution in [1.82, 2.24) is 0 Å². The van der Waals surface area contributed by atoms with Crippen LogP contribution in [0, 0.1) is 0 Å². The van der Waals surface area contributed by atoms with Crippen LogP contribution in [0.25, 0.3) is 0 Å². The van der Waals surface area contributed by atoms with E-state index in [2.05, 4.69) is 13.1 Å². The maximum atomic E-state index is 12.1. The predicted molar refractivity (Wildman–Crippen MR) is 168 cm³/mol. The molecule has 1 unspecified atom stereocenters. The monoisotopic (exact) mass is 586 g/mol. The second kappa shape index (κ2) is 23.3. The number of phosphoric acid groups is 1. The average Bonchev–Trinajstić information content (AvgIpc) is 2.94. The van der Waals surface area contributed by atoms with E-state index in [-0.39, 0.29) is 6.61 Å². The van der Waals surface area contributed by atoms with Crippen molar-refractivity contribution in [3.05, 3.63) is 11.6 Å². The summed E-state index contributed by atoms with van der Waals surface area (Å²) in [5, 5.41) is 0. The Morgan fingerprint density at radius 1 is 0.700 bits per heavy atom. The van der Waals surface area contributed by atoms with Crippen molar-refractivity contribution in [3.63, 3.8) is 0 Å². The quantitative estimate of drug-likeness (QED) is 0.0844. The molecule has 1 heterocycles. The molecule has 0 amide bonds. The summed E-state index contributed by atoms with van der Waals surface area (Å²) in [5.74, 6) is 0. The van der Waals surface area contributed by atoms with Gasteiger partial charge in [0.25, 0.3) is 0 Å². The summed E-state index contributed by atoms with van der Waals surface area (Å²) in [6.07, 6.45) is 33.3. The smallest absolute Gasteiger partial charge is 0.370 e. The fraction of sp³-hybridized carbons (Fsp3) is 0.939. The molecule has 2 rings (SSSR count). The van der Waals surface area contributed by atoms with Crippen molar-refractivity contribution in [3.8, 4) is 0 Å². The van der Waals surface area contributed by atoms with Gasteiger partial charge in [0.15, 0.2) is 0 Å². The molecular formula is C33H65NO5P+. The number of allylic oxidation sites excluding steroid dienone is 2. The average molecular weight is 587 g/mol. The normalized spacial score (nSPS) is 21.7. The van der Waals surface area contributed by atoms with Crippen LogP contribution in [0.3, 0.4) is 0 Å². The maximum Gasteiger partial charge on any atom is 0.472 e. The summed E-state index contributed by atoms with van der Waals surface area (Å²) in [7, 11) is -1.80. The molecule has 7 heteroatoms. The van der Waals surface area contributed by atoms with Gasteiger partial charge in [0.05, 0.1) is 26.9 Å². The molecule has 1 aliphatic carbocycles. The summed E-state index contributed by atoms with van der Waals surface area (Å²) >= 11 is 0. The number of phosphoric ester groups is 1. The zero-order valence-electron chi connectivity index (χ0n) is 26.3. The predicted octanol–water partition coefficient (Wildman–Crippen LogP) is 9.51. The van der Waals surface area contributed by atoms with Gasteiger partial charge in [0.1, 0.15) is 26.2 Å². The Kier molecular flexibility index (Phi) is 20.9. The molecule has 236 valence electrons. The molecule has 1 atom stereocenters. The number of ether oxygens (including phenoxy) is 1. The lowest BCUT2D eigenvalue weighted by Crippen LogP contribution is -2.53. The molecule has 1 N–H and O–H groups in total. The van der Waals surface area contributed by atoms with Crippen LogP contribution in [-0.2, 0) is 18.3 Å². The Hall–Kier alpha value is -0.230. The van der Waals surface area contributed by atoms with Crippen molar-refractivity contribution < 1.29 is 27.7 Å². The number of nitrogens with zero attached hydrogens (tertiary/aromatic N) is 1. The van der Waals surface area contributed by atoms with Crippen LogP contribution in [0.1, 0.15) is 148 Å². The summed E-state index contributed by atoms with van der Waals surface area (Å²) in [6.45, 7) is 4.54. The minimum absolute atomic E-state index is 0.237. The highest BCUT2D eigenvalue weighted by molar-refractivity contribution is 7.47. The molecule has 1 saturated carbocycles. The lowest BCUT2D eigenvalue weighted by atomic mass is 9.98. The Balaban J connectivity index is 1.43. The topological polar surface area (TPSA) is 65.0 Å². The van der Waals surface area contributed by atoms with Gasteiger partial charge in [-0.1, -0.05) is 114 Å². The van der Waals surface area contributed by atoms with E-state index >= 15 is 0 Å². The zero-order chi connectivity index (χ0) is 28.6. The van der Waals surface area contributed by atoms with Crippen LogP contribution in [0.5, 0.6) is 0 Å². The molecule has 0 radical (unpaired) electrons. The lowest BCUT2D eigenvalue weighted by Gasteiger charge is -2.37. The van der Waals surface area contributed by atoms with E-state index < -0.39 is 7.82 Å². The van der Waals surface area contributed by atoms with E-state index in [4.69, 9.17) is 13.8 Å². The Bertz CT molecular complexity index is 662. The molecule has 1 aliphatic heterocycles. The van der Waals surface area contributed by atoms with Gasteiger partial charge in [0.2, 0.25) is 0 Å². The van der Waals surface area contributed by atoms with Crippen LogP contribution in [0.15, 0.2) is 11.6 Å². The zero-order valence-corrected chi connectivity index (χ0v) is 27.2. The first kappa shape index (κ1) is 36.0. The largest absolute Gasteiger partial charge is 0.472 e. The van der Waals surface area contributed by atoms with Gasteiger partial charge in [-0.3, -0.25) is 9.05 Å². The van der Waals surface area contributed by atoms with Crippen LogP contribution < -0.4 is 0 Å². The fourth-order valence-electron chi connectivity index (χ4n) is 6.02. The van der Waals surface area contributed by atoms with Crippen LogP contribution in [-0.4, -0.2) is 62.5 Å². The van der Waals surface area contributed by atoms with Gasteiger partial charge in [-0.15, -0.1) is 0 Å². The van der Waals surface area contributed by atoms with Crippen molar-refractivity contribution >= 4 is 7.82 Å². The van der Waals surface area contributed by atoms with Crippen LogP contribution >= 0.6 is 7.82 Å². The van der Waals surface area contributed by atoms with E-state index in [1.54, 1.807) is 5.57 Å². The second-order valence-corrected chi connectivity index (χ2v) is 14.2. The Morgan fingerprint density at radius 3 is 1.70 bits per heavy atom. The fourth-order valence-corrected chi connectivity index (χ4v) is 6.76. The summed E-state index contributed by atoms with van der Waals surface area (Å²) in [6, 6.07) is 0. The molecule has 40 heavy (non-hydrogen) atoms. The van der Waals surface area contributed by atoms with Crippen molar-refractivity contribution in [1.29, 1.82) is 0 Å². The first-order valence-electron chi connectivity index (χ1n) is 17.2. The van der Waals surface area contributed by atoms with Crippen molar-refractivity contribution in [2.24, 2.45) is 0 Å². The highest BCUT2D eigenvalue weighted by atomic mass is 31.2. The van der Waals surface area contributed by atoms with Crippen LogP contribution in [0.4, 0.5) is 0 Å². The number of hydrogen-bond donors (Lipinski definition) is 1. The molecule has 0 aromatic carbocycles. The number of hydrogen-bond acceptors (Lipinski definition) is 4. The molecule has 2 fully saturated rings. The highest BCUT2D eigenvalue weighted by Crippen LogP contribution is 2.43. The van der Waals surface area contributed by atoms with Gasteiger partial charge >= 0.3 is 7.82 Å². The molecule has 0 aromatic heterocycles. The van der Waals surface area contributed by atoms with E-state index in [1.165, 1.54) is 135 Å². The summed E-state index contributed by atoms with van der Waals surface area (Å²) < 4.78 is 28.7. The maximum absolute atomic E-state index is 12.1. The number of unbranched alkanes of at least 4 members (excludes halogenated alkanes) is 8. The third kappa shape index (κ3) is 19.8. The van der Waals surface area contributed by atoms with Crippen LogP contribution in [0.2, 0.25) is 0 Å². The van der Waals surface area contributed by atoms with E-state index in [0.717, 1.165) is 43.6 Å². The molecule has 2 aliphatic rings. The first-order chi connectivity index (χ1) is 19.5. The Morgan fingerprint density at radius 2 is 1.15 bits per heavy atom. The number of morpholine rings is 1. The summed E-state index contributed by atoms with van der Waals surface area (Å²) in [5.41, 5.74) is 1.75. The Labute approximate surface area is 247 Å². The SMILES string of the molecule is C[N+]1(CCOP(=O)(O)OCCCCCCCCCCC=C2CCCCCCCCCCCCCC2)CCOCC1. The number of rotatable bonds is 16.